The summed E-state index contributed by atoms with van der Waals surface area (Å²) in [7, 11) is 0. The average molecular weight is 250 g/mol. The van der Waals surface area contributed by atoms with Crippen LogP contribution in [0.25, 0.3) is 10.6 Å². The van der Waals surface area contributed by atoms with Crippen LogP contribution in [0.3, 0.4) is 0 Å². The molecule has 0 aliphatic carbocycles. The molecule has 0 aromatic carbocycles. The number of anilines is 1. The summed E-state index contributed by atoms with van der Waals surface area (Å²) in [5, 5.41) is 8.58. The van der Waals surface area contributed by atoms with Gasteiger partial charge in [0.1, 0.15) is 0 Å². The van der Waals surface area contributed by atoms with E-state index >= 15 is 0 Å². The van der Waals surface area contributed by atoms with Crippen molar-refractivity contribution in [3.63, 3.8) is 0 Å². The molecule has 0 unspecified atom stereocenters. The summed E-state index contributed by atoms with van der Waals surface area (Å²) in [6, 6.07) is 3.61. The van der Waals surface area contributed by atoms with Crippen LogP contribution >= 0.6 is 11.3 Å². The van der Waals surface area contributed by atoms with Crippen LogP contribution in [0.1, 0.15) is 19.8 Å². The Morgan fingerprint density at radius 3 is 2.94 bits per heavy atom. The number of aromatic nitrogens is 3. The maximum absolute atomic E-state index is 12.1. The Labute approximate surface area is 103 Å². The second-order valence-corrected chi connectivity index (χ2v) is 4.73. The van der Waals surface area contributed by atoms with Crippen molar-refractivity contribution in [3.05, 3.63) is 28.7 Å². The molecular formula is C11H14N4OS. The number of aryl methyl sites for hydroxylation is 1. The van der Waals surface area contributed by atoms with Crippen molar-refractivity contribution >= 4 is 16.5 Å². The lowest BCUT2D eigenvalue weighted by Gasteiger charge is -2.05. The van der Waals surface area contributed by atoms with Crippen LogP contribution in [-0.4, -0.2) is 14.8 Å². The second kappa shape index (κ2) is 5.09. The molecule has 0 aliphatic rings. The van der Waals surface area contributed by atoms with E-state index < -0.39 is 0 Å². The van der Waals surface area contributed by atoms with Crippen molar-refractivity contribution in [1.29, 1.82) is 0 Å². The van der Waals surface area contributed by atoms with Gasteiger partial charge >= 0.3 is 0 Å². The molecule has 0 radical (unpaired) electrons. The zero-order chi connectivity index (χ0) is 12.3. The van der Waals surface area contributed by atoms with Gasteiger partial charge in [-0.1, -0.05) is 24.7 Å². The number of nitrogens with zero attached hydrogens (tertiary/aromatic N) is 3. The van der Waals surface area contributed by atoms with E-state index in [1.54, 1.807) is 16.8 Å². The fourth-order valence-electron chi connectivity index (χ4n) is 1.55. The molecule has 0 fully saturated rings. The summed E-state index contributed by atoms with van der Waals surface area (Å²) in [4.78, 5) is 12.1. The van der Waals surface area contributed by atoms with Gasteiger partial charge in [-0.3, -0.25) is 4.79 Å². The minimum absolute atomic E-state index is 0.0305. The van der Waals surface area contributed by atoms with E-state index in [9.17, 15) is 4.79 Å². The van der Waals surface area contributed by atoms with E-state index in [2.05, 4.69) is 17.1 Å². The Morgan fingerprint density at radius 2 is 2.29 bits per heavy atom. The Morgan fingerprint density at radius 1 is 1.47 bits per heavy atom. The first kappa shape index (κ1) is 11.8. The highest BCUT2D eigenvalue weighted by Gasteiger charge is 2.10. The number of nitrogen functional groups attached to an aromatic ring is 1. The quantitative estimate of drug-likeness (QED) is 0.897. The van der Waals surface area contributed by atoms with Crippen molar-refractivity contribution in [3.8, 4) is 10.6 Å². The lowest BCUT2D eigenvalue weighted by atomic mass is 10.2. The topological polar surface area (TPSA) is 73.8 Å². The minimum Gasteiger partial charge on any atom is -0.374 e. The van der Waals surface area contributed by atoms with Crippen molar-refractivity contribution in [1.82, 2.24) is 14.8 Å². The number of pyridine rings is 1. The molecule has 90 valence electrons. The van der Waals surface area contributed by atoms with Gasteiger partial charge in [0.05, 0.1) is 5.56 Å². The van der Waals surface area contributed by atoms with Crippen molar-refractivity contribution < 1.29 is 0 Å². The number of unbranched alkanes of at least 4 members (excludes halogenated alkanes) is 1. The first-order valence-corrected chi connectivity index (χ1v) is 6.33. The largest absolute Gasteiger partial charge is 0.374 e. The normalized spacial score (nSPS) is 10.6. The molecule has 6 heteroatoms. The van der Waals surface area contributed by atoms with Gasteiger partial charge in [-0.2, -0.15) is 0 Å². The zero-order valence-electron chi connectivity index (χ0n) is 9.59. The maximum Gasteiger partial charge on any atom is 0.260 e. The third-order valence-electron chi connectivity index (χ3n) is 2.44. The van der Waals surface area contributed by atoms with Crippen molar-refractivity contribution in [2.75, 3.05) is 5.73 Å². The highest BCUT2D eigenvalue weighted by molar-refractivity contribution is 7.18. The molecule has 0 atom stereocenters. The van der Waals surface area contributed by atoms with Crippen molar-refractivity contribution in [2.45, 2.75) is 26.3 Å². The summed E-state index contributed by atoms with van der Waals surface area (Å²) < 4.78 is 1.70. The van der Waals surface area contributed by atoms with Gasteiger partial charge in [-0.25, -0.2) is 0 Å². The molecule has 2 N–H and O–H groups in total. The Bertz CT molecular complexity index is 561. The molecule has 5 nitrogen and oxygen atoms in total. The minimum atomic E-state index is -0.0305. The van der Waals surface area contributed by atoms with Gasteiger partial charge in [0.2, 0.25) is 5.13 Å². The van der Waals surface area contributed by atoms with E-state index in [1.165, 1.54) is 11.3 Å². The first-order valence-electron chi connectivity index (χ1n) is 5.51. The second-order valence-electron chi connectivity index (χ2n) is 3.72. The zero-order valence-corrected chi connectivity index (χ0v) is 10.4. The maximum atomic E-state index is 12.1. The molecule has 0 aliphatic heterocycles. The van der Waals surface area contributed by atoms with Crippen LogP contribution in [0.15, 0.2) is 23.1 Å². The highest BCUT2D eigenvalue weighted by atomic mass is 32.1. The van der Waals surface area contributed by atoms with Gasteiger partial charge in [0.25, 0.3) is 5.56 Å². The van der Waals surface area contributed by atoms with Crippen LogP contribution in [0.4, 0.5) is 5.13 Å². The summed E-state index contributed by atoms with van der Waals surface area (Å²) in [5.41, 5.74) is 6.06. The molecule has 2 rings (SSSR count). The van der Waals surface area contributed by atoms with E-state index in [4.69, 9.17) is 5.73 Å². The number of hydrogen-bond donors (Lipinski definition) is 1. The molecule has 17 heavy (non-hydrogen) atoms. The van der Waals surface area contributed by atoms with Crippen LogP contribution in [-0.2, 0) is 6.54 Å². The Hall–Kier alpha value is -1.69. The highest BCUT2D eigenvalue weighted by Crippen LogP contribution is 2.21. The predicted molar refractivity (Wildman–Crippen MR) is 68.9 cm³/mol. The molecular weight excluding hydrogens is 236 g/mol. The number of hydrogen-bond acceptors (Lipinski definition) is 5. The fourth-order valence-corrected chi connectivity index (χ4v) is 2.17. The van der Waals surface area contributed by atoms with E-state index in [0.29, 0.717) is 15.7 Å². The lowest BCUT2D eigenvalue weighted by Crippen LogP contribution is -2.20. The Kier molecular flexibility index (Phi) is 3.53. The first-order chi connectivity index (χ1) is 8.22. The van der Waals surface area contributed by atoms with Gasteiger partial charge in [-0.15, -0.1) is 10.2 Å². The molecule has 0 spiro atoms. The van der Waals surface area contributed by atoms with Crippen LogP contribution in [0.5, 0.6) is 0 Å². The van der Waals surface area contributed by atoms with Crippen LogP contribution in [0, 0.1) is 0 Å². The van der Waals surface area contributed by atoms with Gasteiger partial charge < -0.3 is 10.3 Å². The molecule has 2 aromatic heterocycles. The number of rotatable bonds is 4. The molecule has 2 aromatic rings. The third-order valence-corrected chi connectivity index (χ3v) is 3.23. The van der Waals surface area contributed by atoms with Crippen molar-refractivity contribution in [2.24, 2.45) is 0 Å². The predicted octanol–water partition coefficient (Wildman–Crippen LogP) is 1.75. The van der Waals surface area contributed by atoms with E-state index in [-0.39, 0.29) is 5.56 Å². The monoisotopic (exact) mass is 250 g/mol. The molecule has 0 bridgehead atoms. The summed E-state index contributed by atoms with van der Waals surface area (Å²) in [5.74, 6) is 0. The van der Waals surface area contributed by atoms with Gasteiger partial charge in [-0.05, 0) is 18.6 Å². The SMILES string of the molecule is CCCCn1cccc(-c2nnc(N)s2)c1=O. The Balaban J connectivity index is 2.39. The molecule has 2 heterocycles. The van der Waals surface area contributed by atoms with Gasteiger partial charge in [0.15, 0.2) is 5.01 Å². The van der Waals surface area contributed by atoms with E-state index in [1.807, 2.05) is 6.07 Å². The van der Waals surface area contributed by atoms with Crippen LogP contribution in [0.2, 0.25) is 0 Å². The van der Waals surface area contributed by atoms with Gasteiger partial charge in [0, 0.05) is 12.7 Å². The molecule has 0 saturated carbocycles. The standard InChI is InChI=1S/C11H14N4OS/c1-2-3-6-15-7-4-5-8(10(15)16)9-13-14-11(12)17-9/h4-5,7H,2-3,6H2,1H3,(H2,12,14). The van der Waals surface area contributed by atoms with Crippen LogP contribution < -0.4 is 11.3 Å². The summed E-state index contributed by atoms with van der Waals surface area (Å²) in [6.07, 6.45) is 3.84. The number of nitrogens with two attached hydrogens (primary N) is 1. The van der Waals surface area contributed by atoms with E-state index in [0.717, 1.165) is 19.4 Å². The third kappa shape index (κ3) is 2.52. The molecule has 0 amide bonds. The fraction of sp³-hybridized carbons (Fsp3) is 0.364. The smallest absolute Gasteiger partial charge is 0.260 e. The summed E-state index contributed by atoms with van der Waals surface area (Å²) in [6.45, 7) is 2.83. The molecule has 0 saturated heterocycles. The lowest BCUT2D eigenvalue weighted by molar-refractivity contribution is 0.614. The summed E-state index contributed by atoms with van der Waals surface area (Å²) >= 11 is 1.23. The average Bonchev–Trinajstić information content (AvgIpc) is 2.74.